The van der Waals surface area contributed by atoms with Crippen LogP contribution in [0.3, 0.4) is 0 Å². The van der Waals surface area contributed by atoms with Crippen LogP contribution in [-0.4, -0.2) is 24.3 Å². The average Bonchev–Trinajstić information content (AvgIpc) is 3.57. The normalized spacial score (nSPS) is 15.0. The Bertz CT molecular complexity index is 1790. The van der Waals surface area contributed by atoms with Crippen molar-refractivity contribution in [2.24, 2.45) is 4.99 Å². The van der Waals surface area contributed by atoms with E-state index in [9.17, 15) is 9.59 Å². The Kier molecular flexibility index (Phi) is 8.46. The molecule has 2 aromatic carbocycles. The van der Waals surface area contributed by atoms with Crippen molar-refractivity contribution in [2.75, 3.05) is 13.7 Å². The molecule has 0 radical (unpaired) electrons. The van der Waals surface area contributed by atoms with Crippen LogP contribution in [0.15, 0.2) is 75.0 Å². The summed E-state index contributed by atoms with van der Waals surface area (Å²) in [6, 6.07) is 13.9. The highest BCUT2D eigenvalue weighted by Gasteiger charge is 2.33. The van der Waals surface area contributed by atoms with Crippen LogP contribution in [0.25, 0.3) is 6.08 Å². The Balaban J connectivity index is 1.50. The minimum Gasteiger partial charge on any atom is -0.493 e. The summed E-state index contributed by atoms with van der Waals surface area (Å²) >= 11 is 14.9. The van der Waals surface area contributed by atoms with E-state index in [0.29, 0.717) is 42.1 Å². The Labute approximate surface area is 248 Å². The van der Waals surface area contributed by atoms with Crippen molar-refractivity contribution in [2.45, 2.75) is 26.5 Å². The van der Waals surface area contributed by atoms with E-state index in [1.807, 2.05) is 29.6 Å². The Morgan fingerprint density at radius 1 is 1.12 bits per heavy atom. The summed E-state index contributed by atoms with van der Waals surface area (Å²) in [5, 5.41) is 2.85. The number of carbonyl (C=O) groups excluding carboxylic acids is 1. The maximum absolute atomic E-state index is 13.7. The second-order valence-corrected chi connectivity index (χ2v) is 11.6. The van der Waals surface area contributed by atoms with E-state index in [2.05, 4.69) is 4.99 Å². The minimum absolute atomic E-state index is 0.228. The van der Waals surface area contributed by atoms with Gasteiger partial charge in [-0.25, -0.2) is 9.79 Å². The number of ether oxygens (including phenoxy) is 3. The molecule has 2 aromatic heterocycles. The van der Waals surface area contributed by atoms with Crippen molar-refractivity contribution >= 4 is 57.9 Å². The van der Waals surface area contributed by atoms with Crippen LogP contribution in [0, 0.1) is 0 Å². The number of benzene rings is 2. The number of hydrogen-bond acceptors (Lipinski definition) is 8. The summed E-state index contributed by atoms with van der Waals surface area (Å²) in [5.41, 5.74) is 2.27. The van der Waals surface area contributed by atoms with Gasteiger partial charge in [-0.2, -0.15) is 0 Å². The first-order chi connectivity index (χ1) is 19.3. The van der Waals surface area contributed by atoms with Gasteiger partial charge in [0, 0.05) is 4.88 Å². The third-order valence-electron chi connectivity index (χ3n) is 6.19. The van der Waals surface area contributed by atoms with Gasteiger partial charge in [0.2, 0.25) is 0 Å². The molecule has 5 rings (SSSR count). The van der Waals surface area contributed by atoms with Gasteiger partial charge in [0.1, 0.15) is 12.6 Å². The van der Waals surface area contributed by atoms with Gasteiger partial charge >= 0.3 is 5.97 Å². The zero-order chi connectivity index (χ0) is 28.4. The smallest absolute Gasteiger partial charge is 0.338 e. The number of rotatable bonds is 8. The fraction of sp³-hybridized carbons (Fsp3) is 0.207. The van der Waals surface area contributed by atoms with Gasteiger partial charge in [0.05, 0.1) is 39.6 Å². The molecule has 206 valence electrons. The summed E-state index contributed by atoms with van der Waals surface area (Å²) in [4.78, 5) is 32.6. The van der Waals surface area contributed by atoms with Crippen molar-refractivity contribution in [3.05, 3.63) is 111 Å². The second kappa shape index (κ2) is 12.0. The third-order valence-corrected chi connectivity index (χ3v) is 8.84. The van der Waals surface area contributed by atoms with E-state index in [1.165, 1.54) is 22.7 Å². The van der Waals surface area contributed by atoms with Crippen LogP contribution in [0.4, 0.5) is 0 Å². The van der Waals surface area contributed by atoms with E-state index < -0.39 is 12.0 Å². The quantitative estimate of drug-likeness (QED) is 0.236. The molecule has 1 aliphatic heterocycles. The fourth-order valence-electron chi connectivity index (χ4n) is 4.34. The molecule has 0 aliphatic carbocycles. The standard InChI is InChI=1S/C29H24Cl2N2O5S2/c1-4-37-28(35)25-16(2)32-29-33(26(25)23-6-5-11-39-23)27(34)24(40-29)14-17-8-10-21(22(13-17)36-3)38-15-18-7-9-19(30)20(31)12-18/h5-14,26H,4,15H2,1-3H3/b24-14-/t26-/m0/s1. The van der Waals surface area contributed by atoms with Gasteiger partial charge in [-0.15, -0.1) is 11.3 Å². The number of aromatic nitrogens is 1. The first-order valence-electron chi connectivity index (χ1n) is 12.3. The maximum Gasteiger partial charge on any atom is 0.338 e. The molecule has 0 unspecified atom stereocenters. The molecule has 40 heavy (non-hydrogen) atoms. The molecule has 0 spiro atoms. The van der Waals surface area contributed by atoms with E-state index >= 15 is 0 Å². The zero-order valence-corrected chi connectivity index (χ0v) is 24.9. The number of thiazole rings is 1. The van der Waals surface area contributed by atoms with E-state index in [1.54, 1.807) is 55.9 Å². The Morgan fingerprint density at radius 3 is 2.65 bits per heavy atom. The number of nitrogens with zero attached hydrogens (tertiary/aromatic N) is 2. The number of thiophene rings is 1. The highest BCUT2D eigenvalue weighted by atomic mass is 35.5. The molecule has 0 saturated carbocycles. The first kappa shape index (κ1) is 28.2. The van der Waals surface area contributed by atoms with Gasteiger partial charge in [0.25, 0.3) is 5.56 Å². The lowest BCUT2D eigenvalue weighted by Crippen LogP contribution is -2.39. The van der Waals surface area contributed by atoms with Gasteiger partial charge in [-0.3, -0.25) is 9.36 Å². The largest absolute Gasteiger partial charge is 0.493 e. The Morgan fingerprint density at radius 2 is 1.95 bits per heavy atom. The number of hydrogen-bond donors (Lipinski definition) is 0. The van der Waals surface area contributed by atoms with Gasteiger partial charge in [-0.05, 0) is 66.8 Å². The Hall–Kier alpha value is -3.37. The topological polar surface area (TPSA) is 79.1 Å². The van der Waals surface area contributed by atoms with Gasteiger partial charge < -0.3 is 14.2 Å². The molecule has 11 heteroatoms. The number of esters is 1. The van der Waals surface area contributed by atoms with Crippen molar-refractivity contribution in [3.8, 4) is 11.5 Å². The van der Waals surface area contributed by atoms with Gasteiger partial charge in [-0.1, -0.05) is 52.7 Å². The van der Waals surface area contributed by atoms with Crippen molar-refractivity contribution in [3.63, 3.8) is 0 Å². The molecule has 0 N–H and O–H groups in total. The van der Waals surface area contributed by atoms with Crippen LogP contribution in [-0.2, 0) is 16.1 Å². The summed E-state index contributed by atoms with van der Waals surface area (Å²) in [6.45, 7) is 4.02. The molecular weight excluding hydrogens is 591 g/mol. The predicted octanol–water partition coefficient (Wildman–Crippen LogP) is 5.75. The number of allylic oxidation sites excluding steroid dienone is 1. The van der Waals surface area contributed by atoms with E-state index in [-0.39, 0.29) is 18.8 Å². The van der Waals surface area contributed by atoms with E-state index in [4.69, 9.17) is 37.4 Å². The lowest BCUT2D eigenvalue weighted by molar-refractivity contribution is -0.139. The van der Waals surface area contributed by atoms with Gasteiger partial charge in [0.15, 0.2) is 16.3 Å². The summed E-state index contributed by atoms with van der Waals surface area (Å²) < 4.78 is 18.9. The van der Waals surface area contributed by atoms with Crippen LogP contribution in [0.2, 0.25) is 10.0 Å². The molecule has 3 heterocycles. The molecule has 0 amide bonds. The predicted molar refractivity (Wildman–Crippen MR) is 159 cm³/mol. The second-order valence-electron chi connectivity index (χ2n) is 8.77. The van der Waals surface area contributed by atoms with E-state index in [0.717, 1.165) is 16.0 Å². The van der Waals surface area contributed by atoms with Crippen LogP contribution in [0.5, 0.6) is 11.5 Å². The fourth-order valence-corrected chi connectivity index (χ4v) is 6.53. The summed E-state index contributed by atoms with van der Waals surface area (Å²) in [6.07, 6.45) is 1.78. The summed E-state index contributed by atoms with van der Waals surface area (Å²) in [7, 11) is 1.56. The number of methoxy groups -OCH3 is 1. The number of halogens is 2. The molecule has 1 aliphatic rings. The number of fused-ring (bicyclic) bond motifs is 1. The lowest BCUT2D eigenvalue weighted by Gasteiger charge is -2.23. The minimum atomic E-state index is -0.607. The third kappa shape index (κ3) is 5.60. The maximum atomic E-state index is 13.7. The zero-order valence-electron chi connectivity index (χ0n) is 21.8. The van der Waals surface area contributed by atoms with Crippen molar-refractivity contribution in [1.82, 2.24) is 4.57 Å². The lowest BCUT2D eigenvalue weighted by atomic mass is 10.0. The highest BCUT2D eigenvalue weighted by molar-refractivity contribution is 7.10. The molecule has 0 fully saturated rings. The van der Waals surface area contributed by atoms with Crippen molar-refractivity contribution < 1.29 is 19.0 Å². The molecule has 0 saturated heterocycles. The average molecular weight is 616 g/mol. The molecule has 7 nitrogen and oxygen atoms in total. The van der Waals surface area contributed by atoms with Crippen LogP contribution in [0.1, 0.15) is 35.9 Å². The monoisotopic (exact) mass is 614 g/mol. The molecule has 1 atom stereocenters. The van der Waals surface area contributed by atoms with Crippen LogP contribution >= 0.6 is 45.9 Å². The van der Waals surface area contributed by atoms with Crippen LogP contribution < -0.4 is 24.4 Å². The molecule has 0 bridgehead atoms. The first-order valence-corrected chi connectivity index (χ1v) is 14.7. The highest BCUT2D eigenvalue weighted by Crippen LogP contribution is 2.33. The molecule has 4 aromatic rings. The van der Waals surface area contributed by atoms with Crippen molar-refractivity contribution in [1.29, 1.82) is 0 Å². The SMILES string of the molecule is CCOC(=O)C1=C(C)N=c2s/c(=C\c3ccc(OCc4ccc(Cl)c(Cl)c4)c(OC)c3)c(=O)n2[C@H]1c1cccs1. The summed E-state index contributed by atoms with van der Waals surface area (Å²) in [5.74, 6) is 0.579. The number of carbonyl (C=O) groups is 1. The molecular formula is C29H24Cl2N2O5S2.